The summed E-state index contributed by atoms with van der Waals surface area (Å²) in [6, 6.07) is 6.61. The number of rotatable bonds is 5. The van der Waals surface area contributed by atoms with Crippen LogP contribution in [0.2, 0.25) is 0 Å². The summed E-state index contributed by atoms with van der Waals surface area (Å²) < 4.78 is 82.8. The standard InChI is InChI=1S/C23H24F4N2O4S/c1-34(31,32)17-6-8-21(33-16-3-2-4-16)18(14-17)22(30)29-11-9-28(10-12-29)20-7-5-15(13-19(20)24)23(25,26)27/h5-8,13-14,16H,2-4,9-12H2,1H3. The Kier molecular flexibility index (Phi) is 6.50. The van der Waals surface area contributed by atoms with Crippen LogP contribution in [0.1, 0.15) is 35.2 Å². The first-order chi connectivity index (χ1) is 15.9. The normalized spacial score (nSPS) is 17.4. The number of ether oxygens (including phenoxy) is 1. The van der Waals surface area contributed by atoms with Crippen molar-refractivity contribution < 1.29 is 35.5 Å². The van der Waals surface area contributed by atoms with Crippen molar-refractivity contribution in [1.82, 2.24) is 4.90 Å². The molecule has 0 N–H and O–H groups in total. The minimum Gasteiger partial charge on any atom is -0.490 e. The largest absolute Gasteiger partial charge is 0.490 e. The molecule has 0 atom stereocenters. The van der Waals surface area contributed by atoms with Gasteiger partial charge >= 0.3 is 6.18 Å². The first kappa shape index (κ1) is 24.3. The third-order valence-electron chi connectivity index (χ3n) is 6.14. The summed E-state index contributed by atoms with van der Waals surface area (Å²) in [7, 11) is -3.55. The molecule has 6 nitrogen and oxygen atoms in total. The highest BCUT2D eigenvalue weighted by Gasteiger charge is 2.33. The van der Waals surface area contributed by atoms with E-state index in [-0.39, 0.29) is 48.4 Å². The fourth-order valence-corrected chi connectivity index (χ4v) is 4.59. The third kappa shape index (κ3) is 5.13. The Hall–Kier alpha value is -2.82. The highest BCUT2D eigenvalue weighted by Crippen LogP contribution is 2.33. The first-order valence-electron chi connectivity index (χ1n) is 10.9. The van der Waals surface area contributed by atoms with E-state index in [1.165, 1.54) is 23.1 Å². The van der Waals surface area contributed by atoms with E-state index >= 15 is 0 Å². The number of anilines is 1. The van der Waals surface area contributed by atoms with E-state index in [9.17, 15) is 30.8 Å². The number of hydrogen-bond donors (Lipinski definition) is 0. The highest BCUT2D eigenvalue weighted by atomic mass is 32.2. The number of piperazine rings is 1. The predicted octanol–water partition coefficient (Wildman–Crippen LogP) is 4.14. The Bertz CT molecular complexity index is 1190. The molecule has 1 amide bonds. The van der Waals surface area contributed by atoms with E-state index in [2.05, 4.69) is 0 Å². The van der Waals surface area contributed by atoms with Gasteiger partial charge in [-0.15, -0.1) is 0 Å². The van der Waals surface area contributed by atoms with Gasteiger partial charge in [-0.2, -0.15) is 13.2 Å². The number of sulfone groups is 1. The number of amides is 1. The van der Waals surface area contributed by atoms with E-state index < -0.39 is 33.3 Å². The molecule has 1 aliphatic heterocycles. The van der Waals surface area contributed by atoms with E-state index in [4.69, 9.17) is 4.74 Å². The Morgan fingerprint density at radius 1 is 1.03 bits per heavy atom. The summed E-state index contributed by atoms with van der Waals surface area (Å²) in [4.78, 5) is 16.4. The second-order valence-electron chi connectivity index (χ2n) is 8.54. The number of hydrogen-bond acceptors (Lipinski definition) is 5. The lowest BCUT2D eigenvalue weighted by Crippen LogP contribution is -2.49. The Balaban J connectivity index is 1.51. The summed E-state index contributed by atoms with van der Waals surface area (Å²) in [5.41, 5.74) is -0.885. The minimum atomic E-state index is -4.63. The van der Waals surface area contributed by atoms with Gasteiger partial charge in [0.15, 0.2) is 9.84 Å². The quantitative estimate of drug-likeness (QED) is 0.578. The maximum atomic E-state index is 14.4. The number of benzene rings is 2. The van der Waals surface area contributed by atoms with Crippen LogP contribution in [0.5, 0.6) is 5.75 Å². The molecule has 2 aromatic carbocycles. The molecule has 0 unspecified atom stereocenters. The zero-order chi connectivity index (χ0) is 24.7. The van der Waals surface area contributed by atoms with Crippen molar-refractivity contribution in [3.8, 4) is 5.75 Å². The van der Waals surface area contributed by atoms with Crippen molar-refractivity contribution in [2.45, 2.75) is 36.4 Å². The van der Waals surface area contributed by atoms with Crippen molar-refractivity contribution in [2.75, 3.05) is 37.3 Å². The number of carbonyl (C=O) groups is 1. The number of halogens is 4. The van der Waals surface area contributed by atoms with E-state index in [1.54, 1.807) is 4.90 Å². The van der Waals surface area contributed by atoms with Crippen LogP contribution >= 0.6 is 0 Å². The molecule has 0 aromatic heterocycles. The molecule has 0 spiro atoms. The summed E-state index contributed by atoms with van der Waals surface area (Å²) in [5.74, 6) is -1.07. The molecule has 2 fully saturated rings. The molecule has 11 heteroatoms. The molecular formula is C23H24F4N2O4S. The Labute approximate surface area is 195 Å². The molecule has 1 saturated heterocycles. The summed E-state index contributed by atoms with van der Waals surface area (Å²) in [5, 5.41) is 0. The van der Waals surface area contributed by atoms with Gasteiger partial charge in [0.2, 0.25) is 0 Å². The fraction of sp³-hybridized carbons (Fsp3) is 0.435. The van der Waals surface area contributed by atoms with Gasteiger partial charge in [0.25, 0.3) is 5.91 Å². The van der Waals surface area contributed by atoms with Crippen LogP contribution in [0.25, 0.3) is 0 Å². The van der Waals surface area contributed by atoms with E-state index in [1.807, 2.05) is 0 Å². The van der Waals surface area contributed by atoms with Crippen LogP contribution in [0.15, 0.2) is 41.3 Å². The average molecular weight is 501 g/mol. The molecular weight excluding hydrogens is 476 g/mol. The van der Waals surface area contributed by atoms with Gasteiger partial charge in [-0.25, -0.2) is 12.8 Å². The van der Waals surface area contributed by atoms with Crippen molar-refractivity contribution in [2.24, 2.45) is 0 Å². The molecule has 0 radical (unpaired) electrons. The van der Waals surface area contributed by atoms with Gasteiger partial charge in [0.1, 0.15) is 11.6 Å². The number of alkyl halides is 3. The summed E-state index contributed by atoms with van der Waals surface area (Å²) in [6.07, 6.45) is -0.852. The number of carbonyl (C=O) groups excluding carboxylic acids is 1. The second-order valence-corrected chi connectivity index (χ2v) is 10.6. The maximum Gasteiger partial charge on any atom is 0.416 e. The Morgan fingerprint density at radius 2 is 1.71 bits per heavy atom. The fourth-order valence-electron chi connectivity index (χ4n) is 3.94. The topological polar surface area (TPSA) is 66.9 Å². The molecule has 4 rings (SSSR count). The zero-order valence-electron chi connectivity index (χ0n) is 18.4. The van der Waals surface area contributed by atoms with Crippen molar-refractivity contribution in [3.05, 3.63) is 53.3 Å². The molecule has 1 heterocycles. The minimum absolute atomic E-state index is 0.00210. The number of nitrogens with zero attached hydrogens (tertiary/aromatic N) is 2. The lowest BCUT2D eigenvalue weighted by atomic mass is 9.96. The average Bonchev–Trinajstić information content (AvgIpc) is 2.74. The molecule has 1 saturated carbocycles. The molecule has 1 aliphatic carbocycles. The monoisotopic (exact) mass is 500 g/mol. The van der Waals surface area contributed by atoms with Gasteiger partial charge < -0.3 is 14.5 Å². The molecule has 0 bridgehead atoms. The van der Waals surface area contributed by atoms with E-state index in [0.717, 1.165) is 37.7 Å². The van der Waals surface area contributed by atoms with Gasteiger partial charge in [-0.05, 0) is 55.7 Å². The molecule has 2 aromatic rings. The zero-order valence-corrected chi connectivity index (χ0v) is 19.3. The maximum absolute atomic E-state index is 14.4. The van der Waals surface area contributed by atoms with Crippen molar-refractivity contribution in [1.29, 1.82) is 0 Å². The SMILES string of the molecule is CS(=O)(=O)c1ccc(OC2CCC2)c(C(=O)N2CCN(c3ccc(C(F)(F)F)cc3F)CC2)c1. The van der Waals surface area contributed by atoms with Crippen LogP contribution < -0.4 is 9.64 Å². The van der Waals surface area contributed by atoms with Crippen LogP contribution in [0.4, 0.5) is 23.2 Å². The van der Waals surface area contributed by atoms with Gasteiger partial charge in [0, 0.05) is 32.4 Å². The molecule has 2 aliphatic rings. The Morgan fingerprint density at radius 3 is 2.24 bits per heavy atom. The first-order valence-corrected chi connectivity index (χ1v) is 12.7. The highest BCUT2D eigenvalue weighted by molar-refractivity contribution is 7.90. The third-order valence-corrected chi connectivity index (χ3v) is 7.25. The van der Waals surface area contributed by atoms with Crippen LogP contribution in [0.3, 0.4) is 0 Å². The van der Waals surface area contributed by atoms with Crippen LogP contribution in [-0.4, -0.2) is 57.8 Å². The lowest BCUT2D eigenvalue weighted by molar-refractivity contribution is -0.137. The van der Waals surface area contributed by atoms with Gasteiger partial charge in [-0.3, -0.25) is 4.79 Å². The van der Waals surface area contributed by atoms with Crippen molar-refractivity contribution in [3.63, 3.8) is 0 Å². The lowest BCUT2D eigenvalue weighted by Gasteiger charge is -2.36. The molecule has 34 heavy (non-hydrogen) atoms. The summed E-state index contributed by atoms with van der Waals surface area (Å²) >= 11 is 0. The molecule has 184 valence electrons. The predicted molar refractivity (Wildman–Crippen MR) is 117 cm³/mol. The van der Waals surface area contributed by atoms with Crippen LogP contribution in [-0.2, 0) is 16.0 Å². The second kappa shape index (κ2) is 9.09. The van der Waals surface area contributed by atoms with Gasteiger partial charge in [0.05, 0.1) is 27.8 Å². The van der Waals surface area contributed by atoms with Crippen LogP contribution in [0, 0.1) is 5.82 Å². The smallest absolute Gasteiger partial charge is 0.416 e. The van der Waals surface area contributed by atoms with Gasteiger partial charge in [-0.1, -0.05) is 0 Å². The van der Waals surface area contributed by atoms with Crippen molar-refractivity contribution >= 4 is 21.4 Å². The summed E-state index contributed by atoms with van der Waals surface area (Å²) in [6.45, 7) is 0.785. The van der Waals surface area contributed by atoms with E-state index in [0.29, 0.717) is 11.8 Å².